The zero-order valence-electron chi connectivity index (χ0n) is 16.3. The topological polar surface area (TPSA) is 64.2 Å². The Hall–Kier alpha value is -2.51. The normalized spacial score (nSPS) is 11.4. The van der Waals surface area contributed by atoms with E-state index in [1.54, 1.807) is 12.1 Å². The molecule has 2 aromatic heterocycles. The highest BCUT2D eigenvalue weighted by Crippen LogP contribution is 2.25. The van der Waals surface area contributed by atoms with Crippen LogP contribution in [0.5, 0.6) is 0 Å². The number of hydrogen-bond acceptors (Lipinski definition) is 5. The Morgan fingerprint density at radius 3 is 2.71 bits per heavy atom. The van der Waals surface area contributed by atoms with Gasteiger partial charge in [0.05, 0.1) is 18.1 Å². The van der Waals surface area contributed by atoms with Crippen molar-refractivity contribution in [3.05, 3.63) is 63.8 Å². The summed E-state index contributed by atoms with van der Waals surface area (Å²) >= 11 is 5.91. The lowest BCUT2D eigenvalue weighted by molar-refractivity contribution is 0.0936. The average Bonchev–Trinajstić information content (AvgIpc) is 3.21. The smallest absolute Gasteiger partial charge is 0.240 e. The number of likely N-dealkylation sites (N-methyl/N-ethyl adjacent to an activating group) is 1. The van der Waals surface area contributed by atoms with Crippen LogP contribution in [0, 0.1) is 19.7 Å². The second-order valence-electron chi connectivity index (χ2n) is 6.77. The molecule has 0 saturated carbocycles. The number of benzene rings is 1. The number of aryl methyl sites for hydroxylation is 2. The number of ketones is 1. The highest BCUT2D eigenvalue weighted by Gasteiger charge is 2.19. The first-order valence-corrected chi connectivity index (χ1v) is 9.35. The molecular formula is C20H22ClFN4O2. The van der Waals surface area contributed by atoms with Crippen LogP contribution in [-0.2, 0) is 13.0 Å². The first-order valence-electron chi connectivity index (χ1n) is 8.97. The van der Waals surface area contributed by atoms with Gasteiger partial charge in [-0.1, -0.05) is 23.7 Å². The summed E-state index contributed by atoms with van der Waals surface area (Å²) in [6, 6.07) is 6.35. The molecule has 0 bridgehead atoms. The molecule has 1 aromatic carbocycles. The summed E-state index contributed by atoms with van der Waals surface area (Å²) in [5.41, 5.74) is 2.98. The van der Waals surface area contributed by atoms with Crippen molar-refractivity contribution in [2.45, 2.75) is 33.7 Å². The second kappa shape index (κ2) is 8.24. The maximum atomic E-state index is 13.5. The Morgan fingerprint density at radius 2 is 2.07 bits per heavy atom. The van der Waals surface area contributed by atoms with Crippen molar-refractivity contribution in [3.63, 3.8) is 0 Å². The van der Waals surface area contributed by atoms with Crippen molar-refractivity contribution in [1.29, 1.82) is 0 Å². The Morgan fingerprint density at radius 1 is 1.32 bits per heavy atom. The Labute approximate surface area is 167 Å². The van der Waals surface area contributed by atoms with Gasteiger partial charge in [-0.25, -0.2) is 4.39 Å². The van der Waals surface area contributed by atoms with E-state index in [-0.39, 0.29) is 17.4 Å². The van der Waals surface area contributed by atoms with Gasteiger partial charge in [0.1, 0.15) is 5.82 Å². The van der Waals surface area contributed by atoms with Gasteiger partial charge < -0.3 is 9.09 Å². The number of hydrogen-bond donors (Lipinski definition) is 0. The summed E-state index contributed by atoms with van der Waals surface area (Å²) in [6.45, 7) is 6.31. The number of Topliss-reactive ketones (excluding diaryl/α,β-unsaturated/α-hetero) is 1. The lowest BCUT2D eigenvalue weighted by atomic mass is 10.1. The summed E-state index contributed by atoms with van der Waals surface area (Å²) in [5.74, 6) is 0.637. The van der Waals surface area contributed by atoms with Crippen LogP contribution >= 0.6 is 11.6 Å². The van der Waals surface area contributed by atoms with Crippen molar-refractivity contribution in [2.75, 3.05) is 13.6 Å². The lowest BCUT2D eigenvalue weighted by Crippen LogP contribution is -2.26. The average molecular weight is 405 g/mol. The first-order chi connectivity index (χ1) is 13.3. The summed E-state index contributed by atoms with van der Waals surface area (Å²) in [6.07, 6.45) is 0.700. The van der Waals surface area contributed by atoms with E-state index in [1.807, 2.05) is 43.4 Å². The predicted octanol–water partition coefficient (Wildman–Crippen LogP) is 4.15. The van der Waals surface area contributed by atoms with Crippen molar-refractivity contribution < 1.29 is 13.7 Å². The van der Waals surface area contributed by atoms with Crippen molar-refractivity contribution in [2.24, 2.45) is 0 Å². The molecule has 0 aliphatic rings. The first kappa shape index (κ1) is 20.2. The van der Waals surface area contributed by atoms with E-state index < -0.39 is 5.82 Å². The standard InChI is InChI=1S/C20H22ClFN4O2/c1-5-19-23-20(28-24-19)11-25(4)10-18(27)15-8-12(2)26(13(15)3)14-6-7-17(22)16(21)9-14/h6-9H,5,10-11H2,1-4H3. The lowest BCUT2D eigenvalue weighted by Gasteiger charge is -2.14. The molecule has 3 aromatic rings. The molecular weight excluding hydrogens is 383 g/mol. The third kappa shape index (κ3) is 4.15. The molecule has 0 atom stereocenters. The monoisotopic (exact) mass is 404 g/mol. The fourth-order valence-electron chi connectivity index (χ4n) is 3.18. The molecule has 3 rings (SSSR count). The molecule has 8 heteroatoms. The van der Waals surface area contributed by atoms with Gasteiger partial charge in [0.15, 0.2) is 11.6 Å². The van der Waals surface area contributed by atoms with Gasteiger partial charge in [-0.3, -0.25) is 9.69 Å². The molecule has 0 aliphatic carbocycles. The third-order valence-corrected chi connectivity index (χ3v) is 4.83. The molecule has 0 unspecified atom stereocenters. The van der Waals surface area contributed by atoms with Crippen molar-refractivity contribution in [3.8, 4) is 5.69 Å². The molecule has 0 aliphatic heterocycles. The molecule has 6 nitrogen and oxygen atoms in total. The van der Waals surface area contributed by atoms with Crippen LogP contribution in [0.15, 0.2) is 28.8 Å². The number of carbonyl (C=O) groups excluding carboxylic acids is 1. The van der Waals surface area contributed by atoms with E-state index >= 15 is 0 Å². The molecule has 0 spiro atoms. The van der Waals surface area contributed by atoms with Crippen LogP contribution in [-0.4, -0.2) is 39.0 Å². The number of rotatable bonds is 7. The third-order valence-electron chi connectivity index (χ3n) is 4.54. The quantitative estimate of drug-likeness (QED) is 0.553. The molecule has 148 valence electrons. The molecule has 28 heavy (non-hydrogen) atoms. The predicted molar refractivity (Wildman–Crippen MR) is 105 cm³/mol. The summed E-state index contributed by atoms with van der Waals surface area (Å²) in [4.78, 5) is 18.9. The molecule has 0 amide bonds. The van der Waals surface area contributed by atoms with Crippen molar-refractivity contribution in [1.82, 2.24) is 19.6 Å². The number of nitrogens with zero attached hydrogens (tertiary/aromatic N) is 4. The van der Waals surface area contributed by atoms with Gasteiger partial charge in [-0.2, -0.15) is 4.98 Å². The highest BCUT2D eigenvalue weighted by atomic mass is 35.5. The fourth-order valence-corrected chi connectivity index (χ4v) is 3.36. The molecule has 0 saturated heterocycles. The van der Waals surface area contributed by atoms with E-state index in [9.17, 15) is 9.18 Å². The van der Waals surface area contributed by atoms with Gasteiger partial charge in [0, 0.05) is 29.1 Å². The van der Waals surface area contributed by atoms with E-state index in [1.165, 1.54) is 6.07 Å². The maximum Gasteiger partial charge on any atom is 0.240 e. The minimum absolute atomic E-state index is 0.0229. The van der Waals surface area contributed by atoms with Crippen LogP contribution in [0.4, 0.5) is 4.39 Å². The fraction of sp³-hybridized carbons (Fsp3) is 0.350. The number of carbonyl (C=O) groups is 1. The maximum absolute atomic E-state index is 13.5. The molecule has 0 N–H and O–H groups in total. The Bertz CT molecular complexity index is 1010. The zero-order chi connectivity index (χ0) is 20.4. The van der Waals surface area contributed by atoms with Crippen molar-refractivity contribution >= 4 is 17.4 Å². The number of halogens is 2. The van der Waals surface area contributed by atoms with Gasteiger partial charge in [-0.05, 0) is 45.2 Å². The summed E-state index contributed by atoms with van der Waals surface area (Å²) in [5, 5.41) is 3.91. The van der Waals surface area contributed by atoms with E-state index in [0.29, 0.717) is 35.9 Å². The Balaban J connectivity index is 1.77. The Kier molecular flexibility index (Phi) is 5.96. The van der Waals surface area contributed by atoms with E-state index in [4.69, 9.17) is 16.1 Å². The van der Waals surface area contributed by atoms with Gasteiger partial charge in [-0.15, -0.1) is 0 Å². The van der Waals surface area contributed by atoms with Crippen LogP contribution in [0.3, 0.4) is 0 Å². The molecule has 0 fully saturated rings. The number of aromatic nitrogens is 3. The van der Waals surface area contributed by atoms with Crippen LogP contribution in [0.25, 0.3) is 5.69 Å². The summed E-state index contributed by atoms with van der Waals surface area (Å²) in [7, 11) is 1.83. The largest absolute Gasteiger partial charge is 0.338 e. The van der Waals surface area contributed by atoms with E-state index in [0.717, 1.165) is 11.4 Å². The molecule has 2 heterocycles. The van der Waals surface area contributed by atoms with Crippen LogP contribution in [0.2, 0.25) is 5.02 Å². The van der Waals surface area contributed by atoms with Crippen LogP contribution in [0.1, 0.15) is 40.4 Å². The van der Waals surface area contributed by atoms with E-state index in [2.05, 4.69) is 10.1 Å². The minimum atomic E-state index is -0.474. The molecule has 0 radical (unpaired) electrons. The zero-order valence-corrected chi connectivity index (χ0v) is 17.0. The minimum Gasteiger partial charge on any atom is -0.338 e. The van der Waals surface area contributed by atoms with Gasteiger partial charge >= 0.3 is 0 Å². The summed E-state index contributed by atoms with van der Waals surface area (Å²) < 4.78 is 20.5. The SMILES string of the molecule is CCc1noc(CN(C)CC(=O)c2cc(C)n(-c3ccc(F)c(Cl)c3)c2C)n1. The van der Waals surface area contributed by atoms with Gasteiger partial charge in [0.2, 0.25) is 5.89 Å². The van der Waals surface area contributed by atoms with Crippen LogP contribution < -0.4 is 0 Å². The van der Waals surface area contributed by atoms with Gasteiger partial charge in [0.25, 0.3) is 0 Å². The highest BCUT2D eigenvalue weighted by molar-refractivity contribution is 6.30. The second-order valence-corrected chi connectivity index (χ2v) is 7.18.